The monoisotopic (exact) mass is 124 g/mol. The van der Waals surface area contributed by atoms with Crippen LogP contribution in [-0.4, -0.2) is 26.2 Å². The number of ketones is 1. The van der Waals surface area contributed by atoms with Gasteiger partial charge in [0.15, 0.2) is 6.33 Å². The average Bonchev–Trinajstić information content (AvgIpc) is 1.90. The molecule has 0 aliphatic rings. The maximum Gasteiger partial charge on any atom is 0.238 e. The molecule has 0 bridgehead atoms. The van der Waals surface area contributed by atoms with E-state index in [1.165, 1.54) is 13.3 Å². The molecule has 0 saturated carbocycles. The van der Waals surface area contributed by atoms with E-state index in [-0.39, 0.29) is 11.6 Å². The number of aromatic nitrogens is 4. The molecular formula is C4H4N4O. The molecule has 0 N–H and O–H groups in total. The van der Waals surface area contributed by atoms with Crippen molar-refractivity contribution in [2.45, 2.75) is 6.92 Å². The van der Waals surface area contributed by atoms with Crippen LogP contribution in [-0.2, 0) is 0 Å². The summed E-state index contributed by atoms with van der Waals surface area (Å²) in [7, 11) is 0. The van der Waals surface area contributed by atoms with Gasteiger partial charge in [-0.05, 0) is 0 Å². The molecule has 0 aromatic carbocycles. The predicted molar refractivity (Wildman–Crippen MR) is 27.6 cm³/mol. The molecule has 1 heterocycles. The first-order valence-corrected chi connectivity index (χ1v) is 2.32. The molecule has 0 spiro atoms. The molecular weight excluding hydrogens is 120 g/mol. The number of nitrogens with zero attached hydrogens (tertiary/aromatic N) is 4. The Labute approximate surface area is 51.1 Å². The lowest BCUT2D eigenvalue weighted by atomic mass is 10.4. The van der Waals surface area contributed by atoms with Gasteiger partial charge in [-0.2, -0.15) is 0 Å². The Hall–Kier alpha value is -1.39. The fourth-order valence-electron chi connectivity index (χ4n) is 0.345. The van der Waals surface area contributed by atoms with Gasteiger partial charge in [0.2, 0.25) is 11.6 Å². The third kappa shape index (κ3) is 1.25. The Morgan fingerprint density at radius 3 is 2.33 bits per heavy atom. The van der Waals surface area contributed by atoms with E-state index in [0.29, 0.717) is 0 Å². The second-order valence-electron chi connectivity index (χ2n) is 1.43. The third-order valence-corrected chi connectivity index (χ3v) is 0.723. The zero-order chi connectivity index (χ0) is 6.69. The van der Waals surface area contributed by atoms with Gasteiger partial charge in [0.25, 0.3) is 0 Å². The van der Waals surface area contributed by atoms with Gasteiger partial charge in [0.1, 0.15) is 0 Å². The Kier molecular flexibility index (Phi) is 1.44. The number of rotatable bonds is 1. The molecule has 5 nitrogen and oxygen atoms in total. The fraction of sp³-hybridized carbons (Fsp3) is 0.250. The van der Waals surface area contributed by atoms with Gasteiger partial charge >= 0.3 is 0 Å². The van der Waals surface area contributed by atoms with Crippen molar-refractivity contribution in [1.29, 1.82) is 0 Å². The van der Waals surface area contributed by atoms with Crippen LogP contribution >= 0.6 is 0 Å². The number of carbonyl (C=O) groups excluding carboxylic acids is 1. The highest BCUT2D eigenvalue weighted by Crippen LogP contribution is 1.81. The minimum Gasteiger partial charge on any atom is -0.291 e. The van der Waals surface area contributed by atoms with Crippen LogP contribution in [0.15, 0.2) is 6.33 Å². The normalized spacial score (nSPS) is 9.00. The molecule has 0 aliphatic carbocycles. The van der Waals surface area contributed by atoms with Crippen molar-refractivity contribution >= 4 is 5.78 Å². The van der Waals surface area contributed by atoms with Gasteiger partial charge in [-0.25, -0.2) is 0 Å². The van der Waals surface area contributed by atoms with Gasteiger partial charge in [0.05, 0.1) is 0 Å². The first kappa shape index (κ1) is 5.74. The minimum atomic E-state index is -0.226. The Bertz CT molecular complexity index is 209. The summed E-state index contributed by atoms with van der Waals surface area (Å²) in [5.41, 5.74) is 0. The summed E-state index contributed by atoms with van der Waals surface area (Å²) < 4.78 is 0. The summed E-state index contributed by atoms with van der Waals surface area (Å²) >= 11 is 0. The molecule has 46 valence electrons. The summed E-state index contributed by atoms with van der Waals surface area (Å²) in [6.07, 6.45) is 1.17. The Morgan fingerprint density at radius 2 is 2.00 bits per heavy atom. The number of carbonyl (C=O) groups is 1. The van der Waals surface area contributed by atoms with Crippen molar-refractivity contribution in [3.63, 3.8) is 0 Å². The lowest BCUT2D eigenvalue weighted by molar-refractivity contribution is 0.100. The van der Waals surface area contributed by atoms with Crippen LogP contribution in [0.25, 0.3) is 0 Å². The lowest BCUT2D eigenvalue weighted by Crippen LogP contribution is -2.03. The topological polar surface area (TPSA) is 68.6 Å². The largest absolute Gasteiger partial charge is 0.291 e. The molecule has 1 rings (SSSR count). The number of hydrogen-bond donors (Lipinski definition) is 0. The SMILES string of the molecule is CC(=O)c1nncnn1. The maximum absolute atomic E-state index is 10.4. The first-order valence-electron chi connectivity index (χ1n) is 2.32. The van der Waals surface area contributed by atoms with Gasteiger partial charge < -0.3 is 0 Å². The maximum atomic E-state index is 10.4. The van der Waals surface area contributed by atoms with Crippen LogP contribution in [0.3, 0.4) is 0 Å². The van der Waals surface area contributed by atoms with Crippen LogP contribution in [0.2, 0.25) is 0 Å². The van der Waals surface area contributed by atoms with Crippen LogP contribution in [0.5, 0.6) is 0 Å². The van der Waals surface area contributed by atoms with Crippen LogP contribution in [0.1, 0.15) is 17.5 Å². The highest BCUT2D eigenvalue weighted by atomic mass is 16.1. The van der Waals surface area contributed by atoms with Crippen molar-refractivity contribution in [1.82, 2.24) is 20.4 Å². The summed E-state index contributed by atoms with van der Waals surface area (Å²) in [6.45, 7) is 1.36. The van der Waals surface area contributed by atoms with Crippen molar-refractivity contribution in [2.75, 3.05) is 0 Å². The molecule has 9 heavy (non-hydrogen) atoms. The summed E-state index contributed by atoms with van der Waals surface area (Å²) in [4.78, 5) is 10.4. The molecule has 1 aromatic heterocycles. The highest BCUT2D eigenvalue weighted by Gasteiger charge is 1.99. The van der Waals surface area contributed by atoms with E-state index in [2.05, 4.69) is 20.4 Å². The van der Waals surface area contributed by atoms with Crippen molar-refractivity contribution < 1.29 is 4.79 Å². The highest BCUT2D eigenvalue weighted by molar-refractivity contribution is 5.89. The Morgan fingerprint density at radius 1 is 1.44 bits per heavy atom. The fourth-order valence-corrected chi connectivity index (χ4v) is 0.345. The van der Waals surface area contributed by atoms with Gasteiger partial charge in [0, 0.05) is 6.92 Å². The quantitative estimate of drug-likeness (QED) is 0.470. The standard InChI is InChI=1S/C4H4N4O/c1-3(9)4-7-5-2-6-8-4/h2H,1H3. The lowest BCUT2D eigenvalue weighted by Gasteiger charge is -1.84. The molecule has 0 fully saturated rings. The van der Waals surface area contributed by atoms with Gasteiger partial charge in [-0.1, -0.05) is 0 Å². The van der Waals surface area contributed by atoms with E-state index < -0.39 is 0 Å². The number of Topliss-reactive ketones (excluding diaryl/α,β-unsaturated/α-hetero) is 1. The van der Waals surface area contributed by atoms with E-state index in [9.17, 15) is 4.79 Å². The Balaban J connectivity index is 2.98. The molecule has 0 saturated heterocycles. The molecule has 5 heteroatoms. The van der Waals surface area contributed by atoms with Crippen molar-refractivity contribution in [3.8, 4) is 0 Å². The molecule has 0 aliphatic heterocycles. The molecule has 1 aromatic rings. The second kappa shape index (κ2) is 2.25. The molecule has 0 radical (unpaired) electrons. The van der Waals surface area contributed by atoms with Gasteiger partial charge in [-0.15, -0.1) is 20.4 Å². The van der Waals surface area contributed by atoms with Crippen LogP contribution < -0.4 is 0 Å². The van der Waals surface area contributed by atoms with Crippen LogP contribution in [0.4, 0.5) is 0 Å². The molecule has 0 atom stereocenters. The summed E-state index contributed by atoms with van der Waals surface area (Å²) in [5, 5.41) is 13.5. The van der Waals surface area contributed by atoms with E-state index in [4.69, 9.17) is 0 Å². The first-order chi connectivity index (χ1) is 4.30. The smallest absolute Gasteiger partial charge is 0.238 e. The van der Waals surface area contributed by atoms with Crippen LogP contribution in [0, 0.1) is 0 Å². The minimum absolute atomic E-state index is 0.0532. The van der Waals surface area contributed by atoms with Crippen molar-refractivity contribution in [2.24, 2.45) is 0 Å². The van der Waals surface area contributed by atoms with E-state index in [1.807, 2.05) is 0 Å². The third-order valence-electron chi connectivity index (χ3n) is 0.723. The van der Waals surface area contributed by atoms with Crippen molar-refractivity contribution in [3.05, 3.63) is 12.2 Å². The zero-order valence-electron chi connectivity index (χ0n) is 4.77. The predicted octanol–water partition coefficient (Wildman–Crippen LogP) is -0.531. The molecule has 0 unspecified atom stereocenters. The molecule has 0 amide bonds. The summed E-state index contributed by atoms with van der Waals surface area (Å²) in [5.74, 6) is -0.173. The van der Waals surface area contributed by atoms with E-state index >= 15 is 0 Å². The van der Waals surface area contributed by atoms with E-state index in [0.717, 1.165) is 0 Å². The number of hydrogen-bond acceptors (Lipinski definition) is 5. The van der Waals surface area contributed by atoms with E-state index in [1.54, 1.807) is 0 Å². The second-order valence-corrected chi connectivity index (χ2v) is 1.43. The average molecular weight is 124 g/mol. The zero-order valence-corrected chi connectivity index (χ0v) is 4.77. The summed E-state index contributed by atoms with van der Waals surface area (Å²) in [6, 6.07) is 0. The van der Waals surface area contributed by atoms with Gasteiger partial charge in [-0.3, -0.25) is 4.79 Å².